The molecule has 5 rings (SSSR count). The Morgan fingerprint density at radius 2 is 1.88 bits per heavy atom. The van der Waals surface area contributed by atoms with E-state index in [0.717, 1.165) is 35.0 Å². The Morgan fingerprint density at radius 1 is 1.12 bits per heavy atom. The second-order valence-electron chi connectivity index (χ2n) is 8.22. The van der Waals surface area contributed by atoms with E-state index in [1.54, 1.807) is 24.3 Å². The van der Waals surface area contributed by atoms with Crippen LogP contribution < -0.4 is 10.5 Å². The van der Waals surface area contributed by atoms with Gasteiger partial charge in [-0.15, -0.1) is 0 Å². The quantitative estimate of drug-likeness (QED) is 0.399. The fraction of sp³-hybridized carbons (Fsp3) is 0.250. The van der Waals surface area contributed by atoms with Crippen molar-refractivity contribution in [1.29, 1.82) is 0 Å². The summed E-state index contributed by atoms with van der Waals surface area (Å²) in [4.78, 5) is 9.22. The van der Waals surface area contributed by atoms with Crippen molar-refractivity contribution in [2.45, 2.75) is 43.5 Å². The van der Waals surface area contributed by atoms with E-state index < -0.39 is 17.2 Å². The second-order valence-corrected chi connectivity index (χ2v) is 9.44. The number of nitrogens with two attached hydrogens (primary N) is 1. The topological polar surface area (TPSA) is 91.8 Å². The highest BCUT2D eigenvalue weighted by molar-refractivity contribution is 7.92. The summed E-state index contributed by atoms with van der Waals surface area (Å²) in [7, 11) is 0. The molecule has 6 nitrogen and oxygen atoms in total. The highest BCUT2D eigenvalue weighted by Gasteiger charge is 2.23. The lowest BCUT2D eigenvalue weighted by Gasteiger charge is -2.13. The fourth-order valence-corrected chi connectivity index (χ4v) is 5.24. The molecule has 0 spiro atoms. The van der Waals surface area contributed by atoms with Crippen molar-refractivity contribution >= 4 is 33.9 Å². The largest absolute Gasteiger partial charge is 0.588 e. The van der Waals surface area contributed by atoms with Crippen molar-refractivity contribution in [2.75, 3.05) is 10.5 Å². The number of benzene rings is 2. The number of anilines is 2. The highest BCUT2D eigenvalue weighted by atomic mass is 32.2. The second kappa shape index (κ2) is 8.44. The Bertz CT molecular complexity index is 1270. The van der Waals surface area contributed by atoms with Crippen molar-refractivity contribution in [3.05, 3.63) is 66.4 Å². The minimum absolute atomic E-state index is 0.177. The number of nitrogens with one attached hydrogen (secondary N) is 1. The van der Waals surface area contributed by atoms with E-state index in [1.165, 1.54) is 25.2 Å². The molecule has 8 heteroatoms. The highest BCUT2D eigenvalue weighted by Crippen LogP contribution is 2.39. The molecule has 164 valence electrons. The summed E-state index contributed by atoms with van der Waals surface area (Å²) in [5.74, 6) is -0.106. The predicted molar refractivity (Wildman–Crippen MR) is 126 cm³/mol. The number of nitrogen functional groups attached to an aromatic ring is 1. The zero-order valence-electron chi connectivity index (χ0n) is 17.7. The summed E-state index contributed by atoms with van der Waals surface area (Å²) in [5, 5.41) is 0.739. The molecule has 2 aromatic carbocycles. The molecule has 2 aromatic heterocycles. The minimum atomic E-state index is -1.56. The van der Waals surface area contributed by atoms with Crippen LogP contribution in [0.5, 0.6) is 0 Å². The van der Waals surface area contributed by atoms with Crippen LogP contribution in [0, 0.1) is 12.7 Å². The molecule has 1 aliphatic carbocycles. The van der Waals surface area contributed by atoms with E-state index >= 15 is 4.39 Å². The Morgan fingerprint density at radius 3 is 2.59 bits per heavy atom. The van der Waals surface area contributed by atoms with Crippen LogP contribution in [-0.4, -0.2) is 19.1 Å². The molecule has 1 aliphatic rings. The fourth-order valence-electron chi connectivity index (χ4n) is 4.37. The third kappa shape index (κ3) is 3.80. The lowest BCUT2D eigenvalue weighted by Crippen LogP contribution is -2.14. The number of halogens is 1. The van der Waals surface area contributed by atoms with Crippen LogP contribution in [-0.2, 0) is 11.4 Å². The number of rotatable bonds is 5. The van der Waals surface area contributed by atoms with Crippen LogP contribution >= 0.6 is 0 Å². The molecule has 1 unspecified atom stereocenters. The van der Waals surface area contributed by atoms with E-state index in [9.17, 15) is 4.55 Å². The molecular formula is C24H24FN5OS. The van der Waals surface area contributed by atoms with Crippen LogP contribution in [0.2, 0.25) is 0 Å². The van der Waals surface area contributed by atoms with Gasteiger partial charge >= 0.3 is 0 Å². The summed E-state index contributed by atoms with van der Waals surface area (Å²) >= 11 is -1.56. The first kappa shape index (κ1) is 20.8. The summed E-state index contributed by atoms with van der Waals surface area (Å²) in [5.41, 5.74) is 9.71. The van der Waals surface area contributed by atoms with E-state index in [0.29, 0.717) is 22.3 Å². The van der Waals surface area contributed by atoms with Crippen LogP contribution in [0.3, 0.4) is 0 Å². The van der Waals surface area contributed by atoms with Gasteiger partial charge in [-0.2, -0.15) is 0 Å². The van der Waals surface area contributed by atoms with Gasteiger partial charge in [0.05, 0.1) is 5.39 Å². The zero-order valence-corrected chi connectivity index (χ0v) is 18.5. The van der Waals surface area contributed by atoms with Gasteiger partial charge in [-0.25, -0.2) is 19.1 Å². The summed E-state index contributed by atoms with van der Waals surface area (Å²) in [6.45, 7) is 1.96. The molecule has 0 saturated heterocycles. The van der Waals surface area contributed by atoms with Gasteiger partial charge in [0.25, 0.3) is 0 Å². The standard InChI is InChI=1S/C24H24FN5OS/c1-15-6-9-18(10-7-15)32(31)29-21-11-8-16(12-20(21)25)19-13-30(17-4-2-3-5-17)24-22(19)23(26)27-14-28-24/h6-14,17,29H,2-5H2,1H3,(H2,26,27,28). The first-order valence-corrected chi connectivity index (χ1v) is 11.8. The predicted octanol–water partition coefficient (Wildman–Crippen LogP) is 5.38. The normalized spacial score (nSPS) is 15.3. The van der Waals surface area contributed by atoms with Gasteiger partial charge in [0.2, 0.25) is 0 Å². The third-order valence-electron chi connectivity index (χ3n) is 6.07. The smallest absolute Gasteiger partial charge is 0.179 e. The van der Waals surface area contributed by atoms with Gasteiger partial charge in [0.1, 0.15) is 34.8 Å². The molecule has 0 radical (unpaired) electrons. The summed E-state index contributed by atoms with van der Waals surface area (Å²) in [6, 6.07) is 12.5. The van der Waals surface area contributed by atoms with E-state index in [1.807, 2.05) is 25.3 Å². The van der Waals surface area contributed by atoms with Gasteiger partial charge in [-0.3, -0.25) is 0 Å². The van der Waals surface area contributed by atoms with Crippen molar-refractivity contribution in [2.24, 2.45) is 0 Å². The number of aryl methyl sites for hydroxylation is 1. The molecule has 32 heavy (non-hydrogen) atoms. The molecule has 1 fully saturated rings. The van der Waals surface area contributed by atoms with E-state index in [4.69, 9.17) is 5.73 Å². The molecular weight excluding hydrogens is 425 g/mol. The maximum atomic E-state index is 15.0. The number of hydrogen-bond donors (Lipinski definition) is 2. The maximum absolute atomic E-state index is 15.0. The molecule has 0 amide bonds. The number of fused-ring (bicyclic) bond motifs is 1. The SMILES string of the molecule is Cc1ccc([S+]([O-])Nc2ccc(-c3cn(C4CCCC4)c4ncnc(N)c34)cc2F)cc1. The van der Waals surface area contributed by atoms with Crippen LogP contribution in [0.15, 0.2) is 59.9 Å². The summed E-state index contributed by atoms with van der Waals surface area (Å²) < 4.78 is 32.5. The van der Waals surface area contributed by atoms with E-state index in [2.05, 4.69) is 19.3 Å². The van der Waals surface area contributed by atoms with Crippen LogP contribution in [0.4, 0.5) is 15.9 Å². The third-order valence-corrected chi connectivity index (χ3v) is 7.18. The van der Waals surface area contributed by atoms with Crippen molar-refractivity contribution < 1.29 is 8.94 Å². The van der Waals surface area contributed by atoms with Crippen molar-refractivity contribution in [1.82, 2.24) is 14.5 Å². The molecule has 2 heterocycles. The molecule has 1 saturated carbocycles. The monoisotopic (exact) mass is 449 g/mol. The number of nitrogens with zero attached hydrogens (tertiary/aromatic N) is 3. The molecule has 4 aromatic rings. The number of aromatic nitrogens is 3. The Labute approximate surface area is 189 Å². The lowest BCUT2D eigenvalue weighted by atomic mass is 10.1. The van der Waals surface area contributed by atoms with Crippen LogP contribution in [0.25, 0.3) is 22.2 Å². The molecule has 1 atom stereocenters. The lowest BCUT2D eigenvalue weighted by molar-refractivity contribution is 0.532. The van der Waals surface area contributed by atoms with Gasteiger partial charge in [0.15, 0.2) is 10.7 Å². The average Bonchev–Trinajstić information content (AvgIpc) is 3.44. The van der Waals surface area contributed by atoms with Gasteiger partial charge < -0.3 is 14.9 Å². The zero-order chi connectivity index (χ0) is 22.2. The van der Waals surface area contributed by atoms with Gasteiger partial charge in [-0.1, -0.05) is 36.6 Å². The Kier molecular flexibility index (Phi) is 5.48. The van der Waals surface area contributed by atoms with Crippen LogP contribution in [0.1, 0.15) is 37.3 Å². The van der Waals surface area contributed by atoms with Crippen molar-refractivity contribution in [3.63, 3.8) is 0 Å². The summed E-state index contributed by atoms with van der Waals surface area (Å²) in [6.07, 6.45) is 8.05. The molecule has 0 bridgehead atoms. The van der Waals surface area contributed by atoms with Crippen molar-refractivity contribution in [3.8, 4) is 11.1 Å². The average molecular weight is 450 g/mol. The van der Waals surface area contributed by atoms with E-state index in [-0.39, 0.29) is 5.69 Å². The molecule has 3 N–H and O–H groups in total. The maximum Gasteiger partial charge on any atom is 0.179 e. The van der Waals surface area contributed by atoms with Gasteiger partial charge in [-0.05, 0) is 49.6 Å². The first-order chi connectivity index (χ1) is 15.5. The number of hydrogen-bond acceptors (Lipinski definition) is 5. The first-order valence-electron chi connectivity index (χ1n) is 10.7. The minimum Gasteiger partial charge on any atom is -0.588 e. The van der Waals surface area contributed by atoms with Gasteiger partial charge in [0, 0.05) is 17.8 Å². The molecule has 0 aliphatic heterocycles. The Balaban J connectivity index is 1.49. The Hall–Kier alpha value is -3.10.